The largest absolute Gasteiger partial charge is 0.462 e. The van der Waals surface area contributed by atoms with Crippen LogP contribution in [-0.4, -0.2) is 37.2 Å². The lowest BCUT2D eigenvalue weighted by molar-refractivity contribution is -0.167. The van der Waals surface area contributed by atoms with Crippen molar-refractivity contribution < 1.29 is 28.6 Å². The summed E-state index contributed by atoms with van der Waals surface area (Å²) in [5.74, 6) is -0.954. The molecule has 0 aromatic heterocycles. The van der Waals surface area contributed by atoms with Gasteiger partial charge in [-0.3, -0.25) is 14.4 Å². The van der Waals surface area contributed by atoms with Gasteiger partial charge in [0.25, 0.3) is 0 Å². The Morgan fingerprint density at radius 2 is 0.600 bits per heavy atom. The summed E-state index contributed by atoms with van der Waals surface area (Å²) in [5.41, 5.74) is 0. The normalized spacial score (nSPS) is 12.8. The molecular weight excluding hydrogens is 805 g/mol. The third-order valence-corrected chi connectivity index (χ3v) is 11.1. The second-order valence-corrected chi connectivity index (χ2v) is 17.4. The molecule has 0 spiro atoms. The van der Waals surface area contributed by atoms with Crippen LogP contribution in [0.2, 0.25) is 0 Å². The minimum absolute atomic E-state index is 0.0978. The molecule has 6 nitrogen and oxygen atoms in total. The molecule has 0 unspecified atom stereocenters. The van der Waals surface area contributed by atoms with Gasteiger partial charge in [-0.25, -0.2) is 0 Å². The molecule has 0 amide bonds. The summed E-state index contributed by atoms with van der Waals surface area (Å²) in [7, 11) is 0. The molecule has 0 aromatic rings. The van der Waals surface area contributed by atoms with E-state index in [1.54, 1.807) is 0 Å². The topological polar surface area (TPSA) is 78.9 Å². The lowest BCUT2D eigenvalue weighted by Crippen LogP contribution is -2.30. The van der Waals surface area contributed by atoms with Gasteiger partial charge in [0.2, 0.25) is 0 Å². The van der Waals surface area contributed by atoms with Gasteiger partial charge in [-0.15, -0.1) is 0 Å². The fourth-order valence-electron chi connectivity index (χ4n) is 7.06. The van der Waals surface area contributed by atoms with Crippen molar-refractivity contribution in [3.8, 4) is 0 Å². The van der Waals surface area contributed by atoms with E-state index in [1.807, 2.05) is 0 Å². The SMILES string of the molecule is CC/C=C\C/C=C\C/C=C\C/C=C\C/C=C\CCCCCC(=O)O[C@H](COC(=O)CCCCCC/C=C\C/C=C\C/C=C\CCCCC)COC(=O)CCCCCCCCCCCCC. The maximum absolute atomic E-state index is 12.8. The molecule has 0 aromatic carbocycles. The van der Waals surface area contributed by atoms with E-state index < -0.39 is 6.10 Å². The average Bonchev–Trinajstić information content (AvgIpc) is 3.30. The number of rotatable bonds is 47. The van der Waals surface area contributed by atoms with Gasteiger partial charge in [0.1, 0.15) is 13.2 Å². The first-order valence-corrected chi connectivity index (χ1v) is 26.7. The Balaban J connectivity index is 4.48. The molecule has 0 saturated carbocycles. The number of allylic oxidation sites excluding steroid dienone is 16. The summed E-state index contributed by atoms with van der Waals surface area (Å²) in [6, 6.07) is 0. The van der Waals surface area contributed by atoms with Crippen LogP contribution in [0.3, 0.4) is 0 Å². The van der Waals surface area contributed by atoms with Crippen LogP contribution >= 0.6 is 0 Å². The molecule has 0 aliphatic heterocycles. The number of unbranched alkanes of at least 4 members (excludes halogenated alkanes) is 20. The lowest BCUT2D eigenvalue weighted by Gasteiger charge is -2.18. The third kappa shape index (κ3) is 51.2. The fourth-order valence-corrected chi connectivity index (χ4v) is 7.06. The molecule has 0 aliphatic rings. The van der Waals surface area contributed by atoms with Gasteiger partial charge in [0.15, 0.2) is 6.10 Å². The number of carbonyl (C=O) groups is 3. The standard InChI is InChI=1S/C59H98O6/c1-4-7-10-13-16-19-22-24-26-28-29-31-33-35-38-41-44-47-50-53-59(62)65-56(54-63-57(60)51-48-45-42-39-36-21-18-15-12-9-6-3)55-64-58(61)52-49-46-43-40-37-34-32-30-27-25-23-20-17-14-11-8-5-2/h7,10,16-17,19-20,24-27,29,31-32,34-35,38,56H,4-6,8-9,11-15,18,21-23,28,30,33,36-37,39-55H2,1-3H3/b10-7-,19-16-,20-17-,26-24-,27-25-,31-29-,34-32-,38-35-/t56-/m0/s1. The van der Waals surface area contributed by atoms with Gasteiger partial charge in [-0.1, -0.05) is 214 Å². The van der Waals surface area contributed by atoms with E-state index in [9.17, 15) is 14.4 Å². The number of esters is 3. The van der Waals surface area contributed by atoms with Gasteiger partial charge in [-0.2, -0.15) is 0 Å². The third-order valence-electron chi connectivity index (χ3n) is 11.1. The summed E-state index contributed by atoms with van der Waals surface area (Å²) >= 11 is 0. The van der Waals surface area contributed by atoms with E-state index in [4.69, 9.17) is 14.2 Å². The van der Waals surface area contributed by atoms with Gasteiger partial charge in [0.05, 0.1) is 0 Å². The zero-order valence-electron chi connectivity index (χ0n) is 42.2. The van der Waals surface area contributed by atoms with Crippen molar-refractivity contribution in [3.05, 3.63) is 97.2 Å². The first kappa shape index (κ1) is 61.3. The van der Waals surface area contributed by atoms with E-state index in [-0.39, 0.29) is 37.5 Å². The Morgan fingerprint density at radius 1 is 0.323 bits per heavy atom. The molecule has 0 rings (SSSR count). The molecule has 0 radical (unpaired) electrons. The smallest absolute Gasteiger partial charge is 0.306 e. The van der Waals surface area contributed by atoms with Crippen molar-refractivity contribution in [1.29, 1.82) is 0 Å². The molecule has 0 saturated heterocycles. The van der Waals surface area contributed by atoms with Gasteiger partial charge in [0, 0.05) is 19.3 Å². The zero-order valence-corrected chi connectivity index (χ0v) is 42.2. The highest BCUT2D eigenvalue weighted by molar-refractivity contribution is 5.71. The van der Waals surface area contributed by atoms with Crippen molar-refractivity contribution in [2.75, 3.05) is 13.2 Å². The summed E-state index contributed by atoms with van der Waals surface area (Å²) in [5, 5.41) is 0. The summed E-state index contributed by atoms with van der Waals surface area (Å²) in [4.78, 5) is 38.0. The summed E-state index contributed by atoms with van der Waals surface area (Å²) in [6.45, 7) is 6.44. The Hall–Kier alpha value is -3.67. The Bertz CT molecular complexity index is 1310. The fraction of sp³-hybridized carbons (Fsp3) is 0.678. The molecule has 6 heteroatoms. The predicted octanol–water partition coefficient (Wildman–Crippen LogP) is 17.8. The van der Waals surface area contributed by atoms with Crippen LogP contribution in [-0.2, 0) is 28.6 Å². The molecule has 0 N–H and O–H groups in total. The maximum Gasteiger partial charge on any atom is 0.306 e. The predicted molar refractivity (Wildman–Crippen MR) is 279 cm³/mol. The molecule has 65 heavy (non-hydrogen) atoms. The molecule has 0 fully saturated rings. The van der Waals surface area contributed by atoms with Crippen LogP contribution in [0.1, 0.15) is 239 Å². The average molecular weight is 903 g/mol. The van der Waals surface area contributed by atoms with Crippen molar-refractivity contribution in [3.63, 3.8) is 0 Å². The van der Waals surface area contributed by atoms with Crippen LogP contribution in [0.15, 0.2) is 97.2 Å². The van der Waals surface area contributed by atoms with Crippen LogP contribution < -0.4 is 0 Å². The van der Waals surface area contributed by atoms with Gasteiger partial charge in [-0.05, 0) is 103 Å². The molecule has 1 atom stereocenters. The van der Waals surface area contributed by atoms with Gasteiger partial charge < -0.3 is 14.2 Å². The molecule has 0 bridgehead atoms. The second kappa shape index (κ2) is 52.9. The minimum atomic E-state index is -0.803. The Morgan fingerprint density at radius 3 is 0.985 bits per heavy atom. The van der Waals surface area contributed by atoms with E-state index in [2.05, 4.69) is 118 Å². The van der Waals surface area contributed by atoms with Crippen LogP contribution in [0, 0.1) is 0 Å². The first-order valence-electron chi connectivity index (χ1n) is 26.7. The van der Waals surface area contributed by atoms with Gasteiger partial charge >= 0.3 is 17.9 Å². The molecule has 0 heterocycles. The van der Waals surface area contributed by atoms with Crippen molar-refractivity contribution in [2.24, 2.45) is 0 Å². The van der Waals surface area contributed by atoms with E-state index in [1.165, 1.54) is 77.0 Å². The van der Waals surface area contributed by atoms with Crippen LogP contribution in [0.4, 0.5) is 0 Å². The highest BCUT2D eigenvalue weighted by Crippen LogP contribution is 2.14. The lowest BCUT2D eigenvalue weighted by atomic mass is 10.1. The number of hydrogen-bond acceptors (Lipinski definition) is 6. The quantitative estimate of drug-likeness (QED) is 0.0262. The summed E-state index contributed by atoms with van der Waals surface area (Å²) < 4.78 is 16.8. The number of carbonyl (C=O) groups excluding carboxylic acids is 3. The molecule has 370 valence electrons. The number of hydrogen-bond donors (Lipinski definition) is 0. The van der Waals surface area contributed by atoms with Crippen molar-refractivity contribution >= 4 is 17.9 Å². The highest BCUT2D eigenvalue weighted by Gasteiger charge is 2.19. The van der Waals surface area contributed by atoms with Crippen molar-refractivity contribution in [1.82, 2.24) is 0 Å². The van der Waals surface area contributed by atoms with E-state index in [0.29, 0.717) is 12.8 Å². The zero-order chi connectivity index (χ0) is 47.2. The first-order chi connectivity index (χ1) is 32.0. The Labute approximate surface area is 400 Å². The second-order valence-electron chi connectivity index (χ2n) is 17.4. The van der Waals surface area contributed by atoms with E-state index in [0.717, 1.165) is 122 Å². The minimum Gasteiger partial charge on any atom is -0.462 e. The molecular formula is C59H98O6. The summed E-state index contributed by atoms with van der Waals surface area (Å²) in [6.07, 6.45) is 69.6. The van der Waals surface area contributed by atoms with Crippen LogP contribution in [0.25, 0.3) is 0 Å². The Kier molecular flexibility index (Phi) is 50.0. The van der Waals surface area contributed by atoms with Crippen molar-refractivity contribution in [2.45, 2.75) is 245 Å². The number of ether oxygens (including phenoxy) is 3. The highest BCUT2D eigenvalue weighted by atomic mass is 16.6. The molecule has 0 aliphatic carbocycles. The monoisotopic (exact) mass is 903 g/mol. The van der Waals surface area contributed by atoms with Crippen LogP contribution in [0.5, 0.6) is 0 Å². The maximum atomic E-state index is 12.8. The van der Waals surface area contributed by atoms with E-state index >= 15 is 0 Å².